The lowest BCUT2D eigenvalue weighted by molar-refractivity contribution is -0.385. The minimum atomic E-state index is -4.03. The van der Waals surface area contributed by atoms with Gasteiger partial charge in [-0.1, -0.05) is 18.2 Å². The van der Waals surface area contributed by atoms with E-state index in [2.05, 4.69) is 4.72 Å². The second-order valence-electron chi connectivity index (χ2n) is 6.95. The van der Waals surface area contributed by atoms with Crippen LogP contribution in [0.4, 0.5) is 11.4 Å². The van der Waals surface area contributed by atoms with Crippen molar-refractivity contribution in [2.45, 2.75) is 11.4 Å². The number of rotatable bonds is 8. The van der Waals surface area contributed by atoms with Crippen LogP contribution in [0.3, 0.4) is 0 Å². The summed E-state index contributed by atoms with van der Waals surface area (Å²) in [6, 6.07) is 18.1. The van der Waals surface area contributed by atoms with E-state index in [1.54, 1.807) is 19.1 Å². The third kappa shape index (κ3) is 5.41. The van der Waals surface area contributed by atoms with Gasteiger partial charge in [-0.2, -0.15) is 0 Å². The van der Waals surface area contributed by atoms with Crippen LogP contribution in [0.1, 0.15) is 15.9 Å². The zero-order chi connectivity index (χ0) is 23.3. The Bertz CT molecular complexity index is 1230. The van der Waals surface area contributed by atoms with Gasteiger partial charge in [0.2, 0.25) is 0 Å². The van der Waals surface area contributed by atoms with Crippen LogP contribution in [-0.4, -0.2) is 38.3 Å². The summed E-state index contributed by atoms with van der Waals surface area (Å²) in [5.41, 5.74) is 1.22. The Morgan fingerprint density at radius 1 is 1.06 bits per heavy atom. The van der Waals surface area contributed by atoms with E-state index < -0.39 is 14.9 Å². The first kappa shape index (κ1) is 22.8. The van der Waals surface area contributed by atoms with Crippen molar-refractivity contribution < 1.29 is 22.9 Å². The molecule has 3 rings (SSSR count). The molecule has 1 amide bonds. The quantitative estimate of drug-likeness (QED) is 0.409. The van der Waals surface area contributed by atoms with Crippen molar-refractivity contribution in [2.75, 3.05) is 18.9 Å². The van der Waals surface area contributed by atoms with Crippen LogP contribution >= 0.6 is 0 Å². The highest BCUT2D eigenvalue weighted by molar-refractivity contribution is 7.92. The van der Waals surface area contributed by atoms with E-state index >= 15 is 0 Å². The number of nitro groups is 1. The summed E-state index contributed by atoms with van der Waals surface area (Å²) in [5, 5.41) is 10.9. The molecule has 0 bridgehead atoms. The number of carbonyl (C=O) groups is 1. The Balaban J connectivity index is 1.69. The van der Waals surface area contributed by atoms with Crippen molar-refractivity contribution in [3.8, 4) is 5.75 Å². The molecule has 0 aromatic heterocycles. The second-order valence-corrected chi connectivity index (χ2v) is 8.63. The lowest BCUT2D eigenvalue weighted by atomic mass is 10.1. The van der Waals surface area contributed by atoms with E-state index in [0.717, 1.165) is 17.4 Å². The van der Waals surface area contributed by atoms with Gasteiger partial charge in [0.15, 0.2) is 0 Å². The first-order chi connectivity index (χ1) is 15.2. The van der Waals surface area contributed by atoms with Crippen molar-refractivity contribution in [2.24, 2.45) is 0 Å². The van der Waals surface area contributed by atoms with Crippen molar-refractivity contribution in [3.05, 3.63) is 94.0 Å². The number of hydrogen-bond acceptors (Lipinski definition) is 6. The fourth-order valence-corrected chi connectivity index (χ4v) is 4.05. The van der Waals surface area contributed by atoms with Crippen LogP contribution in [0, 0.1) is 10.1 Å². The Kier molecular flexibility index (Phi) is 6.74. The fourth-order valence-electron chi connectivity index (χ4n) is 2.96. The molecule has 0 fully saturated rings. The molecule has 0 saturated heterocycles. The van der Waals surface area contributed by atoms with Gasteiger partial charge in [0, 0.05) is 37.0 Å². The molecule has 0 heterocycles. The first-order valence-corrected chi connectivity index (χ1v) is 10.9. The topological polar surface area (TPSA) is 119 Å². The Morgan fingerprint density at radius 3 is 2.31 bits per heavy atom. The van der Waals surface area contributed by atoms with E-state index in [1.807, 2.05) is 24.3 Å². The van der Waals surface area contributed by atoms with E-state index in [4.69, 9.17) is 4.74 Å². The number of nitrogens with one attached hydrogen (secondary N) is 1. The summed E-state index contributed by atoms with van der Waals surface area (Å²) in [5.74, 6) is 0.500. The van der Waals surface area contributed by atoms with Crippen molar-refractivity contribution in [1.82, 2.24) is 4.90 Å². The molecule has 9 nitrogen and oxygen atoms in total. The molecule has 0 aliphatic rings. The molecule has 0 spiro atoms. The molecule has 0 saturated carbocycles. The summed E-state index contributed by atoms with van der Waals surface area (Å²) in [6.07, 6.45) is 0. The molecule has 0 aliphatic carbocycles. The molecule has 0 atom stereocenters. The summed E-state index contributed by atoms with van der Waals surface area (Å²) < 4.78 is 32.6. The number of amides is 1. The highest BCUT2D eigenvalue weighted by Crippen LogP contribution is 2.21. The third-order valence-electron chi connectivity index (χ3n) is 4.65. The number of anilines is 1. The Morgan fingerprint density at radius 2 is 1.72 bits per heavy atom. The molecule has 0 unspecified atom stereocenters. The van der Waals surface area contributed by atoms with Gasteiger partial charge in [-0.15, -0.1) is 0 Å². The maximum Gasteiger partial charge on any atom is 0.270 e. The average molecular weight is 455 g/mol. The van der Waals surface area contributed by atoms with Gasteiger partial charge in [0.1, 0.15) is 5.75 Å². The number of nitro benzene ring substituents is 1. The molecule has 0 radical (unpaired) electrons. The second kappa shape index (κ2) is 9.48. The number of methoxy groups -OCH3 is 1. The highest BCUT2D eigenvalue weighted by Gasteiger charge is 2.18. The zero-order valence-corrected chi connectivity index (χ0v) is 18.2. The van der Waals surface area contributed by atoms with Gasteiger partial charge < -0.3 is 9.64 Å². The SMILES string of the molecule is COc1ccc(CN(C)C(=O)c2ccc(NS(=O)(=O)c3cccc([N+](=O)[O-])c3)cc2)cc1. The molecule has 10 heteroatoms. The number of nitrogens with zero attached hydrogens (tertiary/aromatic N) is 2. The number of benzene rings is 3. The Hall–Kier alpha value is -3.92. The average Bonchev–Trinajstić information content (AvgIpc) is 2.79. The zero-order valence-electron chi connectivity index (χ0n) is 17.4. The van der Waals surface area contributed by atoms with Crippen molar-refractivity contribution >= 4 is 27.3 Å². The minimum Gasteiger partial charge on any atom is -0.497 e. The van der Waals surface area contributed by atoms with Crippen LogP contribution in [0.2, 0.25) is 0 Å². The number of carbonyl (C=O) groups excluding carboxylic acids is 1. The van der Waals surface area contributed by atoms with Crippen molar-refractivity contribution in [1.29, 1.82) is 0 Å². The minimum absolute atomic E-state index is 0.228. The van der Waals surface area contributed by atoms with E-state index in [9.17, 15) is 23.3 Å². The van der Waals surface area contributed by atoms with Crippen LogP contribution in [-0.2, 0) is 16.6 Å². The van der Waals surface area contributed by atoms with Gasteiger partial charge in [-0.25, -0.2) is 8.42 Å². The summed E-state index contributed by atoms with van der Waals surface area (Å²) in [7, 11) is -0.772. The molecule has 3 aromatic carbocycles. The summed E-state index contributed by atoms with van der Waals surface area (Å²) >= 11 is 0. The van der Waals surface area contributed by atoms with E-state index in [-0.39, 0.29) is 22.2 Å². The lowest BCUT2D eigenvalue weighted by Gasteiger charge is -2.18. The third-order valence-corrected chi connectivity index (χ3v) is 6.03. The molecular formula is C22H21N3O6S. The monoisotopic (exact) mass is 455 g/mol. The smallest absolute Gasteiger partial charge is 0.270 e. The van der Waals surface area contributed by atoms with Gasteiger partial charge >= 0.3 is 0 Å². The largest absolute Gasteiger partial charge is 0.497 e. The number of sulfonamides is 1. The van der Waals surface area contributed by atoms with Gasteiger partial charge in [0.05, 0.1) is 16.9 Å². The molecule has 166 valence electrons. The molecular weight excluding hydrogens is 434 g/mol. The van der Waals surface area contributed by atoms with Gasteiger partial charge in [-0.3, -0.25) is 19.6 Å². The van der Waals surface area contributed by atoms with E-state index in [0.29, 0.717) is 12.1 Å². The summed E-state index contributed by atoms with van der Waals surface area (Å²) in [4.78, 5) is 24.2. The predicted octanol–water partition coefficient (Wildman–Crippen LogP) is 3.68. The maximum absolute atomic E-state index is 12.7. The maximum atomic E-state index is 12.7. The summed E-state index contributed by atoms with van der Waals surface area (Å²) in [6.45, 7) is 0.393. The Labute approximate surface area is 185 Å². The van der Waals surface area contributed by atoms with Crippen LogP contribution < -0.4 is 9.46 Å². The van der Waals surface area contributed by atoms with Crippen molar-refractivity contribution in [3.63, 3.8) is 0 Å². The standard InChI is InChI=1S/C22H21N3O6S/c1-24(15-16-6-12-20(31-2)13-7-16)22(26)17-8-10-18(11-9-17)23-32(29,30)21-5-3-4-19(14-21)25(27)28/h3-14,23H,15H2,1-2H3. The van der Waals surface area contributed by atoms with E-state index in [1.165, 1.54) is 42.5 Å². The van der Waals surface area contributed by atoms with Gasteiger partial charge in [0.25, 0.3) is 21.6 Å². The molecule has 3 aromatic rings. The van der Waals surface area contributed by atoms with Crippen LogP contribution in [0.5, 0.6) is 5.75 Å². The van der Waals surface area contributed by atoms with Crippen LogP contribution in [0.25, 0.3) is 0 Å². The molecule has 1 N–H and O–H groups in total. The first-order valence-electron chi connectivity index (χ1n) is 9.45. The normalized spacial score (nSPS) is 10.9. The predicted molar refractivity (Wildman–Crippen MR) is 119 cm³/mol. The molecule has 0 aliphatic heterocycles. The fraction of sp³-hybridized carbons (Fsp3) is 0.136. The lowest BCUT2D eigenvalue weighted by Crippen LogP contribution is -2.26. The van der Waals surface area contributed by atoms with Crippen LogP contribution in [0.15, 0.2) is 77.7 Å². The molecule has 32 heavy (non-hydrogen) atoms. The number of hydrogen-bond donors (Lipinski definition) is 1. The highest BCUT2D eigenvalue weighted by atomic mass is 32.2. The number of ether oxygens (including phenoxy) is 1. The number of non-ortho nitro benzene ring substituents is 1. The van der Waals surface area contributed by atoms with Gasteiger partial charge in [-0.05, 0) is 48.0 Å².